The van der Waals surface area contributed by atoms with E-state index in [1.165, 1.54) is 16.8 Å². The van der Waals surface area contributed by atoms with Crippen molar-refractivity contribution in [3.8, 4) is 22.6 Å². The Labute approximate surface area is 173 Å². The lowest BCUT2D eigenvalue weighted by atomic mass is 9.83. The molecule has 7 nitrogen and oxygen atoms in total. The minimum atomic E-state index is -0.521. The molecule has 2 aromatic carbocycles. The van der Waals surface area contributed by atoms with E-state index >= 15 is 0 Å². The molecule has 0 atom stereocenters. The molecule has 1 amide bonds. The van der Waals surface area contributed by atoms with Gasteiger partial charge in [-0.05, 0) is 34.7 Å². The van der Waals surface area contributed by atoms with Gasteiger partial charge >= 0.3 is 5.69 Å². The fourth-order valence-corrected chi connectivity index (χ4v) is 3.74. The molecule has 2 heterocycles. The summed E-state index contributed by atoms with van der Waals surface area (Å²) in [4.78, 5) is 38.4. The minimum absolute atomic E-state index is 0.102. The number of hydrogen-bond donors (Lipinski definition) is 2. The third-order valence-electron chi connectivity index (χ3n) is 5.29. The zero-order chi connectivity index (χ0) is 21.6. The van der Waals surface area contributed by atoms with Crippen LogP contribution in [-0.2, 0) is 12.0 Å². The predicted molar refractivity (Wildman–Crippen MR) is 115 cm³/mol. The van der Waals surface area contributed by atoms with E-state index < -0.39 is 11.2 Å². The fraction of sp³-hybridized carbons (Fsp3) is 0.261. The SMILES string of the molecule is COc1c(-c2ccc3c(c2)C(=O)NC3)cc(-n2ccc(=O)[nH]c2=O)cc1C(C)(C)C. The van der Waals surface area contributed by atoms with Crippen molar-refractivity contribution in [2.75, 3.05) is 7.11 Å². The number of methoxy groups -OCH3 is 1. The van der Waals surface area contributed by atoms with Crippen LogP contribution < -0.4 is 21.3 Å². The highest BCUT2D eigenvalue weighted by atomic mass is 16.5. The van der Waals surface area contributed by atoms with Crippen molar-refractivity contribution in [1.82, 2.24) is 14.9 Å². The highest BCUT2D eigenvalue weighted by Gasteiger charge is 2.25. The summed E-state index contributed by atoms with van der Waals surface area (Å²) in [6, 6.07) is 10.8. The van der Waals surface area contributed by atoms with Gasteiger partial charge in [-0.2, -0.15) is 0 Å². The van der Waals surface area contributed by atoms with Crippen LogP contribution in [0.4, 0.5) is 0 Å². The molecule has 0 saturated carbocycles. The maximum Gasteiger partial charge on any atom is 0.332 e. The molecule has 3 aromatic rings. The number of H-pyrrole nitrogens is 1. The van der Waals surface area contributed by atoms with Gasteiger partial charge in [-0.1, -0.05) is 32.9 Å². The first-order valence-corrected chi connectivity index (χ1v) is 9.65. The van der Waals surface area contributed by atoms with E-state index in [-0.39, 0.29) is 11.3 Å². The van der Waals surface area contributed by atoms with Gasteiger partial charge < -0.3 is 10.1 Å². The lowest BCUT2D eigenvalue weighted by molar-refractivity contribution is 0.0966. The molecule has 0 unspecified atom stereocenters. The van der Waals surface area contributed by atoms with E-state index in [1.54, 1.807) is 7.11 Å². The number of hydrogen-bond acceptors (Lipinski definition) is 4. The van der Waals surface area contributed by atoms with Gasteiger partial charge in [0.2, 0.25) is 0 Å². The van der Waals surface area contributed by atoms with Gasteiger partial charge in [0.1, 0.15) is 5.75 Å². The molecule has 0 aliphatic carbocycles. The van der Waals surface area contributed by atoms with E-state index in [4.69, 9.17) is 4.74 Å². The van der Waals surface area contributed by atoms with Gasteiger partial charge in [-0.3, -0.25) is 19.1 Å². The van der Waals surface area contributed by atoms with E-state index in [0.717, 1.165) is 22.3 Å². The second-order valence-corrected chi connectivity index (χ2v) is 8.36. The highest BCUT2D eigenvalue weighted by molar-refractivity contribution is 5.99. The number of carbonyl (C=O) groups excluding carboxylic acids is 1. The Kier molecular flexibility index (Phi) is 4.61. The molecule has 7 heteroatoms. The normalized spacial score (nSPS) is 13.1. The number of nitrogens with one attached hydrogen (secondary N) is 2. The number of aromatic amines is 1. The van der Waals surface area contributed by atoms with Gasteiger partial charge in [0.25, 0.3) is 11.5 Å². The van der Waals surface area contributed by atoms with Crippen molar-refractivity contribution in [3.63, 3.8) is 0 Å². The van der Waals surface area contributed by atoms with Crippen LogP contribution in [0.25, 0.3) is 16.8 Å². The molecule has 0 bridgehead atoms. The summed E-state index contributed by atoms with van der Waals surface area (Å²) in [6.07, 6.45) is 1.45. The molecular formula is C23H23N3O4. The number of rotatable bonds is 3. The predicted octanol–water partition coefficient (Wildman–Crippen LogP) is 2.74. The molecule has 0 spiro atoms. The lowest BCUT2D eigenvalue weighted by Crippen LogP contribution is -2.27. The summed E-state index contributed by atoms with van der Waals surface area (Å²) in [5, 5.41) is 2.83. The van der Waals surface area contributed by atoms with Gasteiger partial charge in [0.15, 0.2) is 0 Å². The summed E-state index contributed by atoms with van der Waals surface area (Å²) >= 11 is 0. The van der Waals surface area contributed by atoms with Crippen molar-refractivity contribution in [1.29, 1.82) is 0 Å². The zero-order valence-electron chi connectivity index (χ0n) is 17.3. The van der Waals surface area contributed by atoms with Gasteiger partial charge in [-0.15, -0.1) is 0 Å². The Balaban J connectivity index is 2.02. The van der Waals surface area contributed by atoms with E-state index in [9.17, 15) is 14.4 Å². The Hall–Kier alpha value is -3.61. The van der Waals surface area contributed by atoms with E-state index in [2.05, 4.69) is 31.1 Å². The Bertz CT molecular complexity index is 1280. The quantitative estimate of drug-likeness (QED) is 0.701. The summed E-state index contributed by atoms with van der Waals surface area (Å²) in [5.74, 6) is 0.581. The molecule has 1 aromatic heterocycles. The average Bonchev–Trinajstić information content (AvgIpc) is 3.06. The lowest BCUT2D eigenvalue weighted by Gasteiger charge is -2.25. The number of aromatic nitrogens is 2. The van der Waals surface area contributed by atoms with Crippen molar-refractivity contribution in [2.45, 2.75) is 32.7 Å². The maximum atomic E-state index is 12.4. The summed E-state index contributed by atoms with van der Waals surface area (Å²) in [7, 11) is 1.61. The van der Waals surface area contributed by atoms with Gasteiger partial charge in [0.05, 0.1) is 12.8 Å². The Morgan fingerprint density at radius 1 is 1.00 bits per heavy atom. The van der Waals surface area contributed by atoms with Crippen LogP contribution in [0.5, 0.6) is 5.75 Å². The molecule has 0 saturated heterocycles. The monoisotopic (exact) mass is 405 g/mol. The molecule has 1 aliphatic heterocycles. The summed E-state index contributed by atoms with van der Waals surface area (Å²) < 4.78 is 7.19. The number of amides is 1. The second kappa shape index (κ2) is 7.02. The number of nitrogens with zero attached hydrogens (tertiary/aromatic N) is 1. The molecule has 30 heavy (non-hydrogen) atoms. The molecule has 0 radical (unpaired) electrons. The van der Waals surface area contributed by atoms with Crippen molar-refractivity contribution in [3.05, 3.63) is 80.1 Å². The number of fused-ring (bicyclic) bond motifs is 1. The summed E-state index contributed by atoms with van der Waals surface area (Å²) in [5.41, 5.74) is 3.41. The van der Waals surface area contributed by atoms with Gasteiger partial charge in [0, 0.05) is 35.5 Å². The van der Waals surface area contributed by atoms with Crippen LogP contribution >= 0.6 is 0 Å². The Morgan fingerprint density at radius 2 is 1.77 bits per heavy atom. The number of ether oxygens (including phenoxy) is 1. The average molecular weight is 405 g/mol. The van der Waals surface area contributed by atoms with Gasteiger partial charge in [-0.25, -0.2) is 4.79 Å². The second-order valence-electron chi connectivity index (χ2n) is 8.36. The highest BCUT2D eigenvalue weighted by Crippen LogP contribution is 2.41. The third kappa shape index (κ3) is 3.32. The maximum absolute atomic E-state index is 12.4. The van der Waals surface area contributed by atoms with Crippen LogP contribution in [0, 0.1) is 0 Å². The molecule has 4 rings (SSSR count). The smallest absolute Gasteiger partial charge is 0.332 e. The fourth-order valence-electron chi connectivity index (χ4n) is 3.74. The van der Waals surface area contributed by atoms with E-state index in [0.29, 0.717) is 23.5 Å². The van der Waals surface area contributed by atoms with Crippen LogP contribution in [0.15, 0.2) is 52.2 Å². The molecular weight excluding hydrogens is 382 g/mol. The first-order valence-electron chi connectivity index (χ1n) is 9.65. The number of benzene rings is 2. The first kappa shape index (κ1) is 19.7. The molecule has 2 N–H and O–H groups in total. The zero-order valence-corrected chi connectivity index (χ0v) is 17.3. The van der Waals surface area contributed by atoms with Crippen molar-refractivity contribution < 1.29 is 9.53 Å². The summed E-state index contributed by atoms with van der Waals surface area (Å²) in [6.45, 7) is 6.70. The third-order valence-corrected chi connectivity index (χ3v) is 5.29. The number of carbonyl (C=O) groups is 1. The first-order chi connectivity index (χ1) is 14.2. The molecule has 1 aliphatic rings. The van der Waals surface area contributed by atoms with Crippen LogP contribution in [0.3, 0.4) is 0 Å². The standard InChI is InChI=1S/C23H23N3O4/c1-23(2,3)18-11-15(26-8-7-19(27)25-22(26)29)10-16(20(18)30-4)13-5-6-14-12-24-21(28)17(14)9-13/h5-11H,12H2,1-4H3,(H,24,28)(H,25,27,29). The minimum Gasteiger partial charge on any atom is -0.496 e. The van der Waals surface area contributed by atoms with Crippen molar-refractivity contribution in [2.24, 2.45) is 0 Å². The molecule has 0 fully saturated rings. The van der Waals surface area contributed by atoms with E-state index in [1.807, 2.05) is 30.3 Å². The topological polar surface area (TPSA) is 93.2 Å². The molecule has 154 valence electrons. The largest absolute Gasteiger partial charge is 0.496 e. The Morgan fingerprint density at radius 3 is 2.43 bits per heavy atom. The van der Waals surface area contributed by atoms with Crippen LogP contribution in [-0.4, -0.2) is 22.6 Å². The van der Waals surface area contributed by atoms with Crippen LogP contribution in [0.2, 0.25) is 0 Å². The van der Waals surface area contributed by atoms with Crippen molar-refractivity contribution >= 4 is 5.91 Å². The van der Waals surface area contributed by atoms with Crippen LogP contribution in [0.1, 0.15) is 42.3 Å².